The molecule has 0 saturated carbocycles. The Labute approximate surface area is 120 Å². The van der Waals surface area contributed by atoms with Crippen LogP contribution in [0.2, 0.25) is 0 Å². The number of likely N-dealkylation sites (tertiary alicyclic amines) is 1. The molecule has 0 aliphatic carbocycles. The van der Waals surface area contributed by atoms with E-state index in [0.29, 0.717) is 6.54 Å². The number of carbonyl (C=O) groups excluding carboxylic acids is 1. The molecule has 0 spiro atoms. The zero-order valence-electron chi connectivity index (χ0n) is 12.1. The quantitative estimate of drug-likeness (QED) is 0.876. The maximum absolute atomic E-state index is 12.2. The average molecular weight is 273 g/mol. The second-order valence-corrected chi connectivity index (χ2v) is 6.07. The largest absolute Gasteiger partial charge is 0.325 e. The highest BCUT2D eigenvalue weighted by Crippen LogP contribution is 2.26. The third kappa shape index (κ3) is 3.02. The lowest BCUT2D eigenvalue weighted by atomic mass is 9.89. The van der Waals surface area contributed by atoms with Crippen molar-refractivity contribution in [1.29, 1.82) is 0 Å². The number of rotatable bonds is 3. The fourth-order valence-electron chi connectivity index (χ4n) is 3.36. The summed E-state index contributed by atoms with van der Waals surface area (Å²) in [4.78, 5) is 14.5. The summed E-state index contributed by atoms with van der Waals surface area (Å²) in [5.74, 6) is 1.66. The molecule has 2 aliphatic heterocycles. The molecule has 1 aromatic rings. The summed E-state index contributed by atoms with van der Waals surface area (Å²) in [6.07, 6.45) is 1.22. The molecular weight excluding hydrogens is 250 g/mol. The van der Waals surface area contributed by atoms with Crippen LogP contribution in [0.25, 0.3) is 0 Å². The van der Waals surface area contributed by atoms with Gasteiger partial charge < -0.3 is 10.6 Å². The summed E-state index contributed by atoms with van der Waals surface area (Å²) in [5.41, 5.74) is 2.04. The van der Waals surface area contributed by atoms with Crippen molar-refractivity contribution >= 4 is 11.6 Å². The molecule has 2 N–H and O–H groups in total. The van der Waals surface area contributed by atoms with E-state index in [1.54, 1.807) is 0 Å². The molecule has 3 rings (SSSR count). The van der Waals surface area contributed by atoms with Crippen LogP contribution in [0, 0.1) is 18.8 Å². The van der Waals surface area contributed by atoms with E-state index < -0.39 is 0 Å². The fraction of sp³-hybridized carbons (Fsp3) is 0.562. The second-order valence-electron chi connectivity index (χ2n) is 6.07. The van der Waals surface area contributed by atoms with Gasteiger partial charge in [-0.2, -0.15) is 0 Å². The minimum Gasteiger partial charge on any atom is -0.325 e. The Hall–Kier alpha value is -1.39. The van der Waals surface area contributed by atoms with Gasteiger partial charge in [0.05, 0.1) is 6.54 Å². The molecule has 2 fully saturated rings. The number of amides is 1. The van der Waals surface area contributed by atoms with Gasteiger partial charge in [0.2, 0.25) is 5.91 Å². The summed E-state index contributed by atoms with van der Waals surface area (Å²) in [6.45, 7) is 6.90. The van der Waals surface area contributed by atoms with Gasteiger partial charge in [-0.3, -0.25) is 9.69 Å². The van der Waals surface area contributed by atoms with E-state index in [1.165, 1.54) is 6.42 Å². The Morgan fingerprint density at radius 1 is 1.35 bits per heavy atom. The van der Waals surface area contributed by atoms with Crippen molar-refractivity contribution in [1.82, 2.24) is 10.2 Å². The molecule has 0 radical (unpaired) electrons. The molecule has 4 nitrogen and oxygen atoms in total. The molecule has 1 aromatic carbocycles. The predicted molar refractivity (Wildman–Crippen MR) is 80.7 cm³/mol. The topological polar surface area (TPSA) is 44.4 Å². The SMILES string of the molecule is Cc1ccccc1NC(=O)CN1CCC2CNCC2C1. The highest BCUT2D eigenvalue weighted by atomic mass is 16.2. The number of piperidine rings is 1. The first-order valence-corrected chi connectivity index (χ1v) is 7.51. The van der Waals surface area contributed by atoms with Crippen LogP contribution in [-0.2, 0) is 4.79 Å². The van der Waals surface area contributed by atoms with Gasteiger partial charge in [-0.15, -0.1) is 0 Å². The van der Waals surface area contributed by atoms with E-state index in [-0.39, 0.29) is 5.91 Å². The minimum atomic E-state index is 0.101. The highest BCUT2D eigenvalue weighted by molar-refractivity contribution is 5.92. The first-order valence-electron chi connectivity index (χ1n) is 7.51. The predicted octanol–water partition coefficient (Wildman–Crippen LogP) is 1.47. The van der Waals surface area contributed by atoms with Gasteiger partial charge in [0.1, 0.15) is 0 Å². The third-order valence-corrected chi connectivity index (χ3v) is 4.57. The van der Waals surface area contributed by atoms with Crippen molar-refractivity contribution in [2.24, 2.45) is 11.8 Å². The number of nitrogens with one attached hydrogen (secondary N) is 2. The van der Waals surface area contributed by atoms with Crippen molar-refractivity contribution in [3.63, 3.8) is 0 Å². The van der Waals surface area contributed by atoms with Gasteiger partial charge in [-0.1, -0.05) is 18.2 Å². The number of nitrogens with zero attached hydrogens (tertiary/aromatic N) is 1. The summed E-state index contributed by atoms with van der Waals surface area (Å²) in [7, 11) is 0. The maximum Gasteiger partial charge on any atom is 0.238 e. The Morgan fingerprint density at radius 3 is 3.00 bits per heavy atom. The monoisotopic (exact) mass is 273 g/mol. The number of hydrogen-bond acceptors (Lipinski definition) is 3. The van der Waals surface area contributed by atoms with E-state index in [0.717, 1.165) is 49.3 Å². The van der Waals surface area contributed by atoms with Crippen molar-refractivity contribution in [2.45, 2.75) is 13.3 Å². The minimum absolute atomic E-state index is 0.101. The zero-order valence-corrected chi connectivity index (χ0v) is 12.1. The van der Waals surface area contributed by atoms with Crippen LogP contribution >= 0.6 is 0 Å². The van der Waals surface area contributed by atoms with Crippen molar-refractivity contribution in [3.05, 3.63) is 29.8 Å². The van der Waals surface area contributed by atoms with Gasteiger partial charge in [-0.05, 0) is 56.4 Å². The van der Waals surface area contributed by atoms with Crippen molar-refractivity contribution in [2.75, 3.05) is 38.0 Å². The summed E-state index contributed by atoms with van der Waals surface area (Å²) in [5, 5.41) is 6.48. The van der Waals surface area contributed by atoms with Crippen LogP contribution in [0.3, 0.4) is 0 Å². The van der Waals surface area contributed by atoms with Crippen LogP contribution in [-0.4, -0.2) is 43.5 Å². The van der Waals surface area contributed by atoms with Gasteiger partial charge in [0.15, 0.2) is 0 Å². The molecule has 0 bridgehead atoms. The lowest BCUT2D eigenvalue weighted by Crippen LogP contribution is -2.43. The maximum atomic E-state index is 12.2. The van der Waals surface area contributed by atoms with Crippen LogP contribution < -0.4 is 10.6 Å². The Balaban J connectivity index is 1.53. The molecule has 2 atom stereocenters. The Morgan fingerprint density at radius 2 is 2.15 bits per heavy atom. The van der Waals surface area contributed by atoms with Crippen LogP contribution in [0.1, 0.15) is 12.0 Å². The van der Waals surface area contributed by atoms with Gasteiger partial charge in [0, 0.05) is 12.2 Å². The van der Waals surface area contributed by atoms with E-state index >= 15 is 0 Å². The fourth-order valence-corrected chi connectivity index (χ4v) is 3.36. The van der Waals surface area contributed by atoms with Gasteiger partial charge in [-0.25, -0.2) is 0 Å². The summed E-state index contributed by atoms with van der Waals surface area (Å²) >= 11 is 0. The molecule has 20 heavy (non-hydrogen) atoms. The zero-order chi connectivity index (χ0) is 13.9. The molecule has 2 saturated heterocycles. The third-order valence-electron chi connectivity index (χ3n) is 4.57. The van der Waals surface area contributed by atoms with E-state index in [1.807, 2.05) is 31.2 Å². The number of benzene rings is 1. The molecule has 2 heterocycles. The lowest BCUT2D eigenvalue weighted by Gasteiger charge is -2.33. The average Bonchev–Trinajstić information content (AvgIpc) is 2.89. The van der Waals surface area contributed by atoms with Crippen molar-refractivity contribution in [3.8, 4) is 0 Å². The summed E-state index contributed by atoms with van der Waals surface area (Å²) < 4.78 is 0. The molecule has 2 aliphatic rings. The number of carbonyl (C=O) groups is 1. The number of fused-ring (bicyclic) bond motifs is 1. The van der Waals surface area contributed by atoms with Crippen LogP contribution in [0.4, 0.5) is 5.69 Å². The summed E-state index contributed by atoms with van der Waals surface area (Å²) in [6, 6.07) is 7.92. The lowest BCUT2D eigenvalue weighted by molar-refractivity contribution is -0.117. The Bertz CT molecular complexity index is 488. The Kier molecular flexibility index (Phi) is 4.03. The highest BCUT2D eigenvalue weighted by Gasteiger charge is 2.33. The van der Waals surface area contributed by atoms with E-state index in [9.17, 15) is 4.79 Å². The van der Waals surface area contributed by atoms with E-state index in [2.05, 4.69) is 15.5 Å². The smallest absolute Gasteiger partial charge is 0.238 e. The standard InChI is InChI=1S/C16H23N3O/c1-12-4-2-3-5-15(12)18-16(20)11-19-7-6-13-8-17-9-14(13)10-19/h2-5,13-14,17H,6-11H2,1H3,(H,18,20). The molecule has 2 unspecified atom stereocenters. The first kappa shape index (κ1) is 13.6. The molecule has 1 amide bonds. The number of hydrogen-bond donors (Lipinski definition) is 2. The molecule has 4 heteroatoms. The molecule has 108 valence electrons. The number of anilines is 1. The first-order chi connectivity index (χ1) is 9.72. The van der Waals surface area contributed by atoms with Crippen LogP contribution in [0.15, 0.2) is 24.3 Å². The molecule has 0 aromatic heterocycles. The van der Waals surface area contributed by atoms with Gasteiger partial charge in [0.25, 0.3) is 0 Å². The normalized spacial score (nSPS) is 26.2. The van der Waals surface area contributed by atoms with Crippen molar-refractivity contribution < 1.29 is 4.79 Å². The van der Waals surface area contributed by atoms with Crippen LogP contribution in [0.5, 0.6) is 0 Å². The number of para-hydroxylation sites is 1. The second kappa shape index (κ2) is 5.94. The van der Waals surface area contributed by atoms with Gasteiger partial charge >= 0.3 is 0 Å². The molecular formula is C16H23N3O. The number of aryl methyl sites for hydroxylation is 1. The van der Waals surface area contributed by atoms with E-state index in [4.69, 9.17) is 0 Å².